The van der Waals surface area contributed by atoms with Crippen molar-refractivity contribution in [3.63, 3.8) is 0 Å². The Morgan fingerprint density at radius 3 is 3.00 bits per heavy atom. The van der Waals surface area contributed by atoms with Gasteiger partial charge in [0.2, 0.25) is 0 Å². The third-order valence-electron chi connectivity index (χ3n) is 2.63. The standard InChI is InChI=1S/C11H10N4O/c1-15-11(12)8(5-14-15)7-2-3-10-9(4-7)13-6-16-10/h2-6H,12H2,1H3. The SMILES string of the molecule is Cn1ncc(-c2ccc3ocnc3c2)c1N. The second kappa shape index (κ2) is 3.10. The van der Waals surface area contributed by atoms with E-state index in [1.165, 1.54) is 6.39 Å². The molecule has 16 heavy (non-hydrogen) atoms. The Morgan fingerprint density at radius 2 is 2.25 bits per heavy atom. The fourth-order valence-electron chi connectivity index (χ4n) is 1.69. The van der Waals surface area contributed by atoms with Crippen LogP contribution in [-0.2, 0) is 7.05 Å². The molecule has 0 saturated heterocycles. The van der Waals surface area contributed by atoms with Crippen LogP contribution in [0.4, 0.5) is 5.82 Å². The molecule has 0 unspecified atom stereocenters. The monoisotopic (exact) mass is 214 g/mol. The van der Waals surface area contributed by atoms with Crippen LogP contribution in [0.15, 0.2) is 35.2 Å². The summed E-state index contributed by atoms with van der Waals surface area (Å²) in [5.74, 6) is 0.642. The third kappa shape index (κ3) is 1.18. The molecule has 0 saturated carbocycles. The predicted molar refractivity (Wildman–Crippen MR) is 60.6 cm³/mol. The molecule has 0 bridgehead atoms. The highest BCUT2D eigenvalue weighted by Crippen LogP contribution is 2.27. The summed E-state index contributed by atoms with van der Waals surface area (Å²) in [6, 6.07) is 5.76. The van der Waals surface area contributed by atoms with Crippen LogP contribution in [0.1, 0.15) is 0 Å². The molecule has 0 spiro atoms. The van der Waals surface area contributed by atoms with Crippen molar-refractivity contribution in [2.24, 2.45) is 7.05 Å². The maximum atomic E-state index is 5.91. The molecule has 0 aliphatic rings. The first kappa shape index (κ1) is 8.96. The van der Waals surface area contributed by atoms with Crippen LogP contribution in [-0.4, -0.2) is 14.8 Å². The van der Waals surface area contributed by atoms with Crippen molar-refractivity contribution in [2.75, 3.05) is 5.73 Å². The van der Waals surface area contributed by atoms with Gasteiger partial charge in [0.25, 0.3) is 0 Å². The summed E-state index contributed by atoms with van der Waals surface area (Å²) >= 11 is 0. The van der Waals surface area contributed by atoms with Gasteiger partial charge in [-0.25, -0.2) is 4.98 Å². The first-order valence-electron chi connectivity index (χ1n) is 4.87. The average molecular weight is 214 g/mol. The van der Waals surface area contributed by atoms with E-state index in [1.807, 2.05) is 25.2 Å². The maximum Gasteiger partial charge on any atom is 0.181 e. The van der Waals surface area contributed by atoms with Crippen molar-refractivity contribution in [1.29, 1.82) is 0 Å². The maximum absolute atomic E-state index is 5.91. The van der Waals surface area contributed by atoms with Crippen LogP contribution in [0.3, 0.4) is 0 Å². The van der Waals surface area contributed by atoms with E-state index >= 15 is 0 Å². The second-order valence-corrected chi connectivity index (χ2v) is 3.60. The van der Waals surface area contributed by atoms with Gasteiger partial charge in [-0.15, -0.1) is 0 Å². The number of benzene rings is 1. The molecule has 0 amide bonds. The molecule has 1 aromatic carbocycles. The van der Waals surface area contributed by atoms with Crippen LogP contribution < -0.4 is 5.73 Å². The molecule has 2 N–H and O–H groups in total. The summed E-state index contributed by atoms with van der Waals surface area (Å²) in [6.07, 6.45) is 3.18. The van der Waals surface area contributed by atoms with Crippen molar-refractivity contribution in [1.82, 2.24) is 14.8 Å². The molecule has 2 heterocycles. The number of hydrogen-bond acceptors (Lipinski definition) is 4. The number of nitrogens with two attached hydrogens (primary N) is 1. The zero-order chi connectivity index (χ0) is 11.1. The highest BCUT2D eigenvalue weighted by Gasteiger charge is 2.08. The van der Waals surface area contributed by atoms with Gasteiger partial charge in [-0.3, -0.25) is 4.68 Å². The molecule has 80 valence electrons. The van der Waals surface area contributed by atoms with Gasteiger partial charge < -0.3 is 10.2 Å². The molecule has 0 aliphatic carbocycles. The minimum Gasteiger partial charge on any atom is -0.443 e. The van der Waals surface area contributed by atoms with E-state index in [-0.39, 0.29) is 0 Å². The van der Waals surface area contributed by atoms with E-state index in [2.05, 4.69) is 10.1 Å². The fraction of sp³-hybridized carbons (Fsp3) is 0.0909. The number of oxazole rings is 1. The van der Waals surface area contributed by atoms with Crippen molar-refractivity contribution < 1.29 is 4.42 Å². The topological polar surface area (TPSA) is 69.9 Å². The van der Waals surface area contributed by atoms with Crippen LogP contribution >= 0.6 is 0 Å². The average Bonchev–Trinajstić information content (AvgIpc) is 2.86. The minimum atomic E-state index is 0.642. The molecular weight excluding hydrogens is 204 g/mol. The Bertz CT molecular complexity index is 653. The first-order valence-corrected chi connectivity index (χ1v) is 4.87. The largest absolute Gasteiger partial charge is 0.443 e. The highest BCUT2D eigenvalue weighted by atomic mass is 16.3. The fourth-order valence-corrected chi connectivity index (χ4v) is 1.69. The van der Waals surface area contributed by atoms with Gasteiger partial charge in [-0.05, 0) is 17.7 Å². The number of aromatic nitrogens is 3. The quantitative estimate of drug-likeness (QED) is 0.670. The minimum absolute atomic E-state index is 0.642. The smallest absolute Gasteiger partial charge is 0.181 e. The molecule has 2 aromatic heterocycles. The Morgan fingerprint density at radius 1 is 1.38 bits per heavy atom. The Balaban J connectivity index is 2.21. The van der Waals surface area contributed by atoms with Crippen LogP contribution in [0.5, 0.6) is 0 Å². The van der Waals surface area contributed by atoms with E-state index in [1.54, 1.807) is 10.9 Å². The number of anilines is 1. The molecule has 3 rings (SSSR count). The number of nitrogens with zero attached hydrogens (tertiary/aromatic N) is 3. The van der Waals surface area contributed by atoms with Crippen molar-refractivity contribution in [3.05, 3.63) is 30.8 Å². The molecule has 5 nitrogen and oxygen atoms in total. The number of fused-ring (bicyclic) bond motifs is 1. The molecule has 3 aromatic rings. The van der Waals surface area contributed by atoms with Gasteiger partial charge in [0, 0.05) is 12.6 Å². The third-order valence-corrected chi connectivity index (χ3v) is 2.63. The summed E-state index contributed by atoms with van der Waals surface area (Å²) in [6.45, 7) is 0. The lowest BCUT2D eigenvalue weighted by atomic mass is 10.1. The van der Waals surface area contributed by atoms with Crippen molar-refractivity contribution >= 4 is 16.9 Å². The summed E-state index contributed by atoms with van der Waals surface area (Å²) in [7, 11) is 1.81. The normalized spacial score (nSPS) is 11.1. The van der Waals surface area contributed by atoms with Gasteiger partial charge >= 0.3 is 0 Å². The lowest BCUT2D eigenvalue weighted by Gasteiger charge is -2.00. The van der Waals surface area contributed by atoms with E-state index in [4.69, 9.17) is 10.2 Å². The van der Waals surface area contributed by atoms with Crippen LogP contribution in [0, 0.1) is 0 Å². The van der Waals surface area contributed by atoms with Crippen molar-refractivity contribution in [2.45, 2.75) is 0 Å². The highest BCUT2D eigenvalue weighted by molar-refractivity contribution is 5.83. The summed E-state index contributed by atoms with van der Waals surface area (Å²) in [4.78, 5) is 4.11. The molecule has 0 atom stereocenters. The Labute approximate surface area is 91.5 Å². The molecule has 0 radical (unpaired) electrons. The number of aryl methyl sites for hydroxylation is 1. The summed E-state index contributed by atoms with van der Waals surface area (Å²) < 4.78 is 6.82. The van der Waals surface area contributed by atoms with E-state index < -0.39 is 0 Å². The first-order chi connectivity index (χ1) is 7.75. The number of nitrogen functional groups attached to an aromatic ring is 1. The summed E-state index contributed by atoms with van der Waals surface area (Å²) in [5.41, 5.74) is 9.40. The van der Waals surface area contributed by atoms with Gasteiger partial charge in [0.05, 0.1) is 6.20 Å². The van der Waals surface area contributed by atoms with Gasteiger partial charge in [-0.1, -0.05) is 6.07 Å². The van der Waals surface area contributed by atoms with E-state index in [0.717, 1.165) is 22.2 Å². The molecular formula is C11H10N4O. The zero-order valence-electron chi connectivity index (χ0n) is 8.71. The summed E-state index contributed by atoms with van der Waals surface area (Å²) in [5, 5.41) is 4.11. The zero-order valence-corrected chi connectivity index (χ0v) is 8.71. The second-order valence-electron chi connectivity index (χ2n) is 3.60. The molecule has 5 heteroatoms. The molecule has 0 fully saturated rings. The Hall–Kier alpha value is -2.30. The number of hydrogen-bond donors (Lipinski definition) is 1. The van der Waals surface area contributed by atoms with Crippen LogP contribution in [0.2, 0.25) is 0 Å². The number of rotatable bonds is 1. The molecule has 0 aliphatic heterocycles. The lowest BCUT2D eigenvalue weighted by molar-refractivity contribution is 0.602. The van der Waals surface area contributed by atoms with Gasteiger partial charge in [0.15, 0.2) is 12.0 Å². The Kier molecular flexibility index (Phi) is 1.73. The van der Waals surface area contributed by atoms with E-state index in [0.29, 0.717) is 5.82 Å². The lowest BCUT2D eigenvalue weighted by Crippen LogP contribution is -1.97. The van der Waals surface area contributed by atoms with E-state index in [9.17, 15) is 0 Å². The van der Waals surface area contributed by atoms with Crippen LogP contribution in [0.25, 0.3) is 22.2 Å². The van der Waals surface area contributed by atoms with Crippen molar-refractivity contribution in [3.8, 4) is 11.1 Å². The predicted octanol–water partition coefficient (Wildman–Crippen LogP) is 1.81. The van der Waals surface area contributed by atoms with Gasteiger partial charge in [0.1, 0.15) is 11.3 Å². The van der Waals surface area contributed by atoms with Gasteiger partial charge in [-0.2, -0.15) is 5.10 Å².